The van der Waals surface area contributed by atoms with Gasteiger partial charge in [0.25, 0.3) is 0 Å². The molecule has 1 amide bonds. The predicted molar refractivity (Wildman–Crippen MR) is 373 cm³/mol. The zero-order chi connectivity index (χ0) is 65.9. The van der Waals surface area contributed by atoms with Crippen LogP contribution in [0.3, 0.4) is 0 Å². The summed E-state index contributed by atoms with van der Waals surface area (Å²) in [6, 6.07) is -0.870. The summed E-state index contributed by atoms with van der Waals surface area (Å²) in [4.78, 5) is 13.3. The summed E-state index contributed by atoms with van der Waals surface area (Å²) in [7, 11) is 0. The molecule has 12 atom stereocenters. The molecule has 2 rings (SSSR count). The minimum atomic E-state index is -1.79. The van der Waals surface area contributed by atoms with Gasteiger partial charge in [-0.05, 0) is 77.0 Å². The fourth-order valence-corrected chi connectivity index (χ4v) is 11.5. The van der Waals surface area contributed by atoms with Gasteiger partial charge in [-0.1, -0.05) is 303 Å². The average molecular weight is 1280 g/mol. The summed E-state index contributed by atoms with van der Waals surface area (Å²) in [6.07, 6.45) is 69.7. The zero-order valence-corrected chi connectivity index (χ0v) is 57.1. The third-order valence-corrected chi connectivity index (χ3v) is 17.3. The van der Waals surface area contributed by atoms with Crippen LogP contribution >= 0.6 is 0 Å². The molecule has 0 aromatic carbocycles. The molecule has 2 saturated heterocycles. The minimum absolute atomic E-state index is 0.218. The Balaban J connectivity index is 1.70. The Bertz CT molecular complexity index is 1950. The lowest BCUT2D eigenvalue weighted by atomic mass is 9.97. The van der Waals surface area contributed by atoms with Gasteiger partial charge < -0.3 is 65.1 Å². The van der Waals surface area contributed by atoms with E-state index in [-0.39, 0.29) is 18.9 Å². The fourth-order valence-electron chi connectivity index (χ4n) is 11.5. The molecule has 2 aliphatic rings. The van der Waals surface area contributed by atoms with Crippen LogP contribution in [0.15, 0.2) is 109 Å². The third kappa shape index (κ3) is 44.1. The summed E-state index contributed by atoms with van der Waals surface area (Å²) < 4.78 is 22.9. The Morgan fingerprint density at radius 1 is 0.407 bits per heavy atom. The van der Waals surface area contributed by atoms with E-state index < -0.39 is 86.8 Å². The van der Waals surface area contributed by atoms with Gasteiger partial charge >= 0.3 is 0 Å². The summed E-state index contributed by atoms with van der Waals surface area (Å²) in [5.41, 5.74) is 0. The number of ether oxygens (including phenoxy) is 4. The maximum Gasteiger partial charge on any atom is 0.220 e. The summed E-state index contributed by atoms with van der Waals surface area (Å²) in [5.74, 6) is -0.265. The second-order valence-corrected chi connectivity index (χ2v) is 25.3. The Morgan fingerprint density at radius 3 is 1.12 bits per heavy atom. The van der Waals surface area contributed by atoms with Crippen molar-refractivity contribution in [3.63, 3.8) is 0 Å². The van der Waals surface area contributed by atoms with Crippen molar-refractivity contribution < 1.29 is 64.6 Å². The summed E-state index contributed by atoms with van der Waals surface area (Å²) >= 11 is 0. The highest BCUT2D eigenvalue weighted by molar-refractivity contribution is 5.76. The highest BCUT2D eigenvalue weighted by Gasteiger charge is 2.51. The number of carbonyl (C=O) groups is 1. The molecule has 9 N–H and O–H groups in total. The van der Waals surface area contributed by atoms with E-state index >= 15 is 0 Å². The van der Waals surface area contributed by atoms with Crippen molar-refractivity contribution in [1.29, 1.82) is 0 Å². The minimum Gasteiger partial charge on any atom is -0.394 e. The Morgan fingerprint density at radius 2 is 0.747 bits per heavy atom. The van der Waals surface area contributed by atoms with Gasteiger partial charge in [-0.3, -0.25) is 4.79 Å². The first-order valence-electron chi connectivity index (χ1n) is 36.6. The smallest absolute Gasteiger partial charge is 0.220 e. The number of aliphatic hydroxyl groups excluding tert-OH is 8. The van der Waals surface area contributed by atoms with Crippen molar-refractivity contribution in [2.45, 2.75) is 351 Å². The van der Waals surface area contributed by atoms with Crippen LogP contribution in [-0.2, 0) is 23.7 Å². The van der Waals surface area contributed by atoms with E-state index in [1.54, 1.807) is 0 Å². The molecule has 0 bridgehead atoms. The van der Waals surface area contributed by atoms with E-state index in [1.807, 2.05) is 0 Å². The molecule has 0 aromatic rings. The second kappa shape index (κ2) is 60.3. The lowest BCUT2D eigenvalue weighted by molar-refractivity contribution is -0.359. The molecule has 0 radical (unpaired) electrons. The molecule has 2 aliphatic heterocycles. The van der Waals surface area contributed by atoms with Crippen LogP contribution < -0.4 is 5.32 Å². The van der Waals surface area contributed by atoms with Gasteiger partial charge in [0, 0.05) is 6.42 Å². The monoisotopic (exact) mass is 1280 g/mol. The summed E-state index contributed by atoms with van der Waals surface area (Å²) in [5, 5.41) is 87.6. The first-order chi connectivity index (χ1) is 44.6. The van der Waals surface area contributed by atoms with Gasteiger partial charge in [-0.25, -0.2) is 0 Å². The first kappa shape index (κ1) is 83.7. The van der Waals surface area contributed by atoms with Gasteiger partial charge in [0.15, 0.2) is 12.6 Å². The first-order valence-corrected chi connectivity index (χ1v) is 36.6. The van der Waals surface area contributed by atoms with Crippen molar-refractivity contribution in [3.8, 4) is 0 Å². The van der Waals surface area contributed by atoms with Crippen molar-refractivity contribution in [3.05, 3.63) is 109 Å². The quantitative estimate of drug-likeness (QED) is 0.0204. The Labute approximate surface area is 553 Å². The molecule has 2 fully saturated rings. The van der Waals surface area contributed by atoms with Gasteiger partial charge in [0.1, 0.15) is 48.8 Å². The molecule has 14 nitrogen and oxygen atoms in total. The van der Waals surface area contributed by atoms with Crippen molar-refractivity contribution in [2.24, 2.45) is 0 Å². The number of carbonyl (C=O) groups excluding carboxylic acids is 1. The van der Waals surface area contributed by atoms with Crippen molar-refractivity contribution in [2.75, 3.05) is 19.8 Å². The van der Waals surface area contributed by atoms with E-state index in [1.165, 1.54) is 154 Å². The SMILES string of the molecule is CC/C=C\C/C=C\C/C=C\C/C=C\C/C=C\C/C=C\C/C=C\C/C=C\C/C=C\CCCC(=O)NC(COC1OC(CO)C(OC2OC(CO)C(O)C(O)C2O)C(O)C1O)C(O)CCCCCCCCCCCCCCCCCCCCCCCCCCCCCC. The molecule has 12 unspecified atom stereocenters. The van der Waals surface area contributed by atoms with Crippen LogP contribution in [0.25, 0.3) is 0 Å². The number of aliphatic hydroxyl groups is 8. The number of nitrogens with one attached hydrogen (secondary N) is 1. The Kier molecular flexibility index (Phi) is 55.5. The van der Waals surface area contributed by atoms with Crippen LogP contribution in [0.2, 0.25) is 0 Å². The largest absolute Gasteiger partial charge is 0.394 e. The van der Waals surface area contributed by atoms with E-state index in [0.717, 1.165) is 83.5 Å². The van der Waals surface area contributed by atoms with Gasteiger partial charge in [-0.2, -0.15) is 0 Å². The number of rotatable bonds is 59. The normalized spacial score (nSPS) is 23.5. The average Bonchev–Trinajstić information content (AvgIpc) is 1.06. The zero-order valence-electron chi connectivity index (χ0n) is 57.1. The molecule has 14 heteroatoms. The van der Waals surface area contributed by atoms with Crippen LogP contribution in [-0.4, -0.2) is 140 Å². The number of hydrogen-bond donors (Lipinski definition) is 9. The lowest BCUT2D eigenvalue weighted by Gasteiger charge is -2.46. The van der Waals surface area contributed by atoms with Gasteiger partial charge in [0.05, 0.1) is 32.0 Å². The molecular formula is C77H133NO13. The molecule has 0 aliphatic carbocycles. The molecular weight excluding hydrogens is 1150 g/mol. The number of hydrogen-bond acceptors (Lipinski definition) is 13. The number of amides is 1. The fraction of sp³-hybridized carbons (Fsp3) is 0.753. The molecule has 0 aromatic heterocycles. The second-order valence-electron chi connectivity index (χ2n) is 25.3. The van der Waals surface area contributed by atoms with Crippen LogP contribution in [0, 0.1) is 0 Å². The molecule has 2 heterocycles. The maximum absolute atomic E-state index is 13.3. The summed E-state index contributed by atoms with van der Waals surface area (Å²) in [6.45, 7) is 2.73. The molecule has 524 valence electrons. The van der Waals surface area contributed by atoms with E-state index in [0.29, 0.717) is 19.3 Å². The van der Waals surface area contributed by atoms with E-state index in [4.69, 9.17) is 18.9 Å². The van der Waals surface area contributed by atoms with Crippen LogP contribution in [0.4, 0.5) is 0 Å². The molecule has 91 heavy (non-hydrogen) atoms. The third-order valence-electron chi connectivity index (χ3n) is 17.3. The lowest BCUT2D eigenvalue weighted by Crippen LogP contribution is -2.65. The number of unbranched alkanes of at least 4 members (excludes halogenated alkanes) is 28. The van der Waals surface area contributed by atoms with Gasteiger partial charge in [0.2, 0.25) is 5.91 Å². The predicted octanol–water partition coefficient (Wildman–Crippen LogP) is 15.5. The van der Waals surface area contributed by atoms with E-state index in [9.17, 15) is 45.6 Å². The molecule has 0 saturated carbocycles. The van der Waals surface area contributed by atoms with Crippen LogP contribution in [0.5, 0.6) is 0 Å². The Hall–Kier alpha value is -3.35. The topological polar surface area (TPSA) is 228 Å². The van der Waals surface area contributed by atoms with Crippen molar-refractivity contribution in [1.82, 2.24) is 5.32 Å². The highest BCUT2D eigenvalue weighted by Crippen LogP contribution is 2.30. The van der Waals surface area contributed by atoms with Crippen molar-refractivity contribution >= 4 is 5.91 Å². The standard InChI is InChI=1S/C77H133NO13/c1-3-5-7-9-11-13-15-17-19-21-23-25-27-29-31-33-35-37-39-41-43-45-47-49-51-53-55-57-59-61-69(82)78-65(64-88-76-74(87)72(85)75(68(63-80)90-76)91-77-73(86)71(84)70(83)67(62-79)89-77)66(81)60-58-56-54-52-50-48-46-44-42-40-38-36-34-32-30-28-26-24-22-20-18-16-14-12-10-8-6-4-2/h5,7,11,13,17,19,23,25,29,31,35,37,41,43,47,49,53,55,65-68,70-77,79-81,83-87H,3-4,6,8-10,12,14-16,18,20-22,24,26-28,30,32-34,36,38-40,42,44-46,48,50-52,54,56-64H2,1-2H3,(H,78,82)/b7-5-,13-11-,19-17-,25-23-,31-29-,37-35-,43-41-,49-47-,55-53-. The number of allylic oxidation sites excluding steroid dienone is 18. The molecule has 0 spiro atoms. The van der Waals surface area contributed by atoms with Gasteiger partial charge in [-0.15, -0.1) is 0 Å². The van der Waals surface area contributed by atoms with Crippen LogP contribution in [0.1, 0.15) is 277 Å². The van der Waals surface area contributed by atoms with E-state index in [2.05, 4.69) is 129 Å². The highest BCUT2D eigenvalue weighted by atomic mass is 16.7. The maximum atomic E-state index is 13.3.